The Kier molecular flexibility index (Phi) is 6.35. The van der Waals surface area contributed by atoms with Gasteiger partial charge in [-0.25, -0.2) is 14.2 Å². The van der Waals surface area contributed by atoms with Crippen molar-refractivity contribution in [1.29, 1.82) is 0 Å². The van der Waals surface area contributed by atoms with Crippen molar-refractivity contribution in [1.82, 2.24) is 4.98 Å². The third-order valence-electron chi connectivity index (χ3n) is 4.77. The van der Waals surface area contributed by atoms with E-state index in [9.17, 15) is 9.18 Å². The van der Waals surface area contributed by atoms with Crippen molar-refractivity contribution >= 4 is 17.6 Å². The predicted octanol–water partition coefficient (Wildman–Crippen LogP) is 6.17. The minimum atomic E-state index is -0.637. The van der Waals surface area contributed by atoms with E-state index in [0.717, 1.165) is 33.6 Å². The molecule has 156 valence electrons. The Morgan fingerprint density at radius 1 is 1.00 bits per heavy atom. The van der Waals surface area contributed by atoms with Gasteiger partial charge in [0, 0.05) is 29.1 Å². The molecule has 0 aliphatic rings. The third kappa shape index (κ3) is 4.76. The van der Waals surface area contributed by atoms with Crippen molar-refractivity contribution in [3.63, 3.8) is 0 Å². The molecule has 2 aromatic carbocycles. The molecule has 0 saturated carbocycles. The molecule has 0 radical (unpaired) electrons. The van der Waals surface area contributed by atoms with Gasteiger partial charge in [-0.2, -0.15) is 0 Å². The number of nitrogens with zero attached hydrogens (tertiary/aromatic N) is 1. The zero-order valence-corrected chi connectivity index (χ0v) is 17.8. The van der Waals surface area contributed by atoms with Crippen LogP contribution in [-0.2, 0) is 4.74 Å². The fourth-order valence-electron chi connectivity index (χ4n) is 3.33. The molecule has 0 aliphatic carbocycles. The molecule has 0 bridgehead atoms. The van der Waals surface area contributed by atoms with E-state index in [1.54, 1.807) is 12.1 Å². The van der Waals surface area contributed by atoms with Crippen molar-refractivity contribution in [3.8, 4) is 22.3 Å². The van der Waals surface area contributed by atoms with Crippen LogP contribution in [0.4, 0.5) is 20.7 Å². The van der Waals surface area contributed by atoms with E-state index in [0.29, 0.717) is 17.3 Å². The summed E-state index contributed by atoms with van der Waals surface area (Å²) in [6.07, 6.45) is 1.21. The van der Waals surface area contributed by atoms with Gasteiger partial charge in [-0.05, 0) is 80.3 Å². The minimum Gasteiger partial charge on any atom is -0.453 e. The molecule has 0 fully saturated rings. The molecule has 30 heavy (non-hydrogen) atoms. The number of nitrogens with one attached hydrogen (secondary N) is 2. The SMILES string of the molecule is COC(=O)Nc1ccc(-c2cc(C)c(-c3ccc(NC(C)C)nc3)cc2C)c(F)c1. The zero-order valence-electron chi connectivity index (χ0n) is 17.8. The first-order valence-corrected chi connectivity index (χ1v) is 9.77. The summed E-state index contributed by atoms with van der Waals surface area (Å²) in [5.74, 6) is 0.424. The molecule has 0 aliphatic heterocycles. The highest BCUT2D eigenvalue weighted by atomic mass is 19.1. The van der Waals surface area contributed by atoms with Crippen molar-refractivity contribution in [2.75, 3.05) is 17.7 Å². The van der Waals surface area contributed by atoms with Gasteiger partial charge < -0.3 is 10.1 Å². The van der Waals surface area contributed by atoms with Crippen LogP contribution in [0.5, 0.6) is 0 Å². The molecule has 0 spiro atoms. The predicted molar refractivity (Wildman–Crippen MR) is 119 cm³/mol. The maximum atomic E-state index is 14.8. The van der Waals surface area contributed by atoms with Crippen molar-refractivity contribution in [2.24, 2.45) is 0 Å². The van der Waals surface area contributed by atoms with Gasteiger partial charge in [-0.3, -0.25) is 5.32 Å². The number of hydrogen-bond acceptors (Lipinski definition) is 4. The van der Waals surface area contributed by atoms with Crippen LogP contribution in [0, 0.1) is 19.7 Å². The summed E-state index contributed by atoms with van der Waals surface area (Å²) in [5.41, 5.74) is 5.68. The number of halogens is 1. The van der Waals surface area contributed by atoms with Crippen LogP contribution in [0.1, 0.15) is 25.0 Å². The van der Waals surface area contributed by atoms with E-state index in [4.69, 9.17) is 0 Å². The molecular formula is C24H26FN3O2. The molecule has 0 unspecified atom stereocenters. The molecule has 1 heterocycles. The normalized spacial score (nSPS) is 10.8. The lowest BCUT2D eigenvalue weighted by Crippen LogP contribution is -2.11. The summed E-state index contributed by atoms with van der Waals surface area (Å²) < 4.78 is 19.3. The summed E-state index contributed by atoms with van der Waals surface area (Å²) in [6, 6.07) is 13.0. The Hall–Kier alpha value is -3.41. The van der Waals surface area contributed by atoms with Crippen LogP contribution in [0.25, 0.3) is 22.3 Å². The lowest BCUT2D eigenvalue weighted by atomic mass is 9.92. The number of pyridine rings is 1. The van der Waals surface area contributed by atoms with E-state index in [1.165, 1.54) is 13.2 Å². The second-order valence-electron chi connectivity index (χ2n) is 7.52. The number of carbonyl (C=O) groups is 1. The van der Waals surface area contributed by atoms with E-state index < -0.39 is 11.9 Å². The number of ether oxygens (including phenoxy) is 1. The fraction of sp³-hybridized carbons (Fsp3) is 0.250. The van der Waals surface area contributed by atoms with Gasteiger partial charge in [0.2, 0.25) is 0 Å². The summed E-state index contributed by atoms with van der Waals surface area (Å²) in [5, 5.41) is 5.75. The first-order valence-electron chi connectivity index (χ1n) is 9.77. The number of rotatable bonds is 5. The summed E-state index contributed by atoms with van der Waals surface area (Å²) >= 11 is 0. The molecule has 0 atom stereocenters. The van der Waals surface area contributed by atoms with Crippen LogP contribution in [0.15, 0.2) is 48.7 Å². The van der Waals surface area contributed by atoms with E-state index in [1.807, 2.05) is 38.2 Å². The highest BCUT2D eigenvalue weighted by molar-refractivity contribution is 5.85. The number of methoxy groups -OCH3 is 1. The molecule has 0 saturated heterocycles. The Balaban J connectivity index is 1.92. The van der Waals surface area contributed by atoms with Crippen LogP contribution in [0.3, 0.4) is 0 Å². The number of aryl methyl sites for hydroxylation is 2. The lowest BCUT2D eigenvalue weighted by molar-refractivity contribution is 0.187. The van der Waals surface area contributed by atoms with Crippen molar-refractivity contribution in [2.45, 2.75) is 33.7 Å². The molecule has 5 nitrogen and oxygen atoms in total. The average Bonchev–Trinajstić information content (AvgIpc) is 2.70. The Morgan fingerprint density at radius 3 is 2.30 bits per heavy atom. The van der Waals surface area contributed by atoms with Gasteiger partial charge in [0.25, 0.3) is 0 Å². The largest absolute Gasteiger partial charge is 0.453 e. The van der Waals surface area contributed by atoms with Crippen LogP contribution in [-0.4, -0.2) is 24.2 Å². The fourth-order valence-corrected chi connectivity index (χ4v) is 3.33. The standard InChI is InChI=1S/C24H26FN3O2/c1-14(2)27-23-9-6-17(13-26-23)20-10-16(4)21(11-15(20)3)19-8-7-18(12-22(19)25)28-24(29)30-5/h6-14H,1-5H3,(H,26,27)(H,28,29). The van der Waals surface area contributed by atoms with E-state index in [2.05, 4.69) is 40.3 Å². The van der Waals surface area contributed by atoms with Gasteiger partial charge in [-0.15, -0.1) is 0 Å². The van der Waals surface area contributed by atoms with Crippen LogP contribution < -0.4 is 10.6 Å². The van der Waals surface area contributed by atoms with Crippen LogP contribution in [0.2, 0.25) is 0 Å². The number of benzene rings is 2. The zero-order chi connectivity index (χ0) is 21.8. The van der Waals surface area contributed by atoms with E-state index in [-0.39, 0.29) is 0 Å². The van der Waals surface area contributed by atoms with Gasteiger partial charge >= 0.3 is 6.09 Å². The quantitative estimate of drug-likeness (QED) is 0.531. The maximum absolute atomic E-state index is 14.8. The third-order valence-corrected chi connectivity index (χ3v) is 4.77. The first-order chi connectivity index (χ1) is 14.3. The van der Waals surface area contributed by atoms with E-state index >= 15 is 0 Å². The van der Waals surface area contributed by atoms with Crippen LogP contribution >= 0.6 is 0 Å². The number of carbonyl (C=O) groups excluding carboxylic acids is 1. The highest BCUT2D eigenvalue weighted by Gasteiger charge is 2.13. The molecule has 2 N–H and O–H groups in total. The Bertz CT molecular complexity index is 1060. The minimum absolute atomic E-state index is 0.315. The molecule has 1 amide bonds. The molecule has 1 aromatic heterocycles. The van der Waals surface area contributed by atoms with Crippen molar-refractivity contribution < 1.29 is 13.9 Å². The summed E-state index contributed by atoms with van der Waals surface area (Å²) in [4.78, 5) is 15.8. The number of anilines is 2. The Labute approximate surface area is 176 Å². The van der Waals surface area contributed by atoms with Gasteiger partial charge in [0.15, 0.2) is 0 Å². The first kappa shape index (κ1) is 21.3. The second kappa shape index (κ2) is 8.95. The molecule has 3 aromatic rings. The molecular weight excluding hydrogens is 381 g/mol. The number of amides is 1. The van der Waals surface area contributed by atoms with Gasteiger partial charge in [-0.1, -0.05) is 12.1 Å². The highest BCUT2D eigenvalue weighted by Crippen LogP contribution is 2.34. The Morgan fingerprint density at radius 2 is 1.70 bits per heavy atom. The summed E-state index contributed by atoms with van der Waals surface area (Å²) in [6.45, 7) is 8.10. The average molecular weight is 407 g/mol. The maximum Gasteiger partial charge on any atom is 0.411 e. The molecule has 3 rings (SSSR count). The summed E-state index contributed by atoms with van der Waals surface area (Å²) in [7, 11) is 1.26. The van der Waals surface area contributed by atoms with Gasteiger partial charge in [0.05, 0.1) is 7.11 Å². The smallest absolute Gasteiger partial charge is 0.411 e. The lowest BCUT2D eigenvalue weighted by Gasteiger charge is -2.15. The van der Waals surface area contributed by atoms with Gasteiger partial charge in [0.1, 0.15) is 11.6 Å². The van der Waals surface area contributed by atoms with Crippen molar-refractivity contribution in [3.05, 3.63) is 65.6 Å². The topological polar surface area (TPSA) is 63.2 Å². The monoisotopic (exact) mass is 407 g/mol. The molecule has 6 heteroatoms. The number of hydrogen-bond donors (Lipinski definition) is 2. The second-order valence-corrected chi connectivity index (χ2v) is 7.52. The number of aromatic nitrogens is 1.